The number of alkyl halides is 6. The molecule has 0 fully saturated rings. The molecule has 0 unspecified atom stereocenters. The van der Waals surface area contributed by atoms with Gasteiger partial charge in [-0.15, -0.1) is 13.2 Å². The van der Waals surface area contributed by atoms with Crippen LogP contribution in [0.2, 0.25) is 0 Å². The smallest absolute Gasteiger partial charge is 0.406 e. The normalized spacial score (nSPS) is 11.9. The molecule has 0 saturated heterocycles. The van der Waals surface area contributed by atoms with E-state index in [0.29, 0.717) is 0 Å². The summed E-state index contributed by atoms with van der Waals surface area (Å²) in [6.45, 7) is 0. The lowest BCUT2D eigenvalue weighted by Gasteiger charge is -2.12. The molecule has 126 valence electrons. The zero-order valence-electron chi connectivity index (χ0n) is 11.7. The molecule has 0 radical (unpaired) electrons. The lowest BCUT2D eigenvalue weighted by Crippen LogP contribution is -2.17. The second-order valence-corrected chi connectivity index (χ2v) is 4.61. The summed E-state index contributed by atoms with van der Waals surface area (Å²) in [5, 5.41) is 8.75. The van der Waals surface area contributed by atoms with Gasteiger partial charge >= 0.3 is 12.5 Å². The van der Waals surface area contributed by atoms with Crippen molar-refractivity contribution in [1.82, 2.24) is 4.98 Å². The van der Waals surface area contributed by atoms with Gasteiger partial charge in [0.05, 0.1) is 18.2 Å². The van der Waals surface area contributed by atoms with Crippen LogP contribution in [0, 0.1) is 11.3 Å². The number of hydrogen-bond acceptors (Lipinski definition) is 3. The van der Waals surface area contributed by atoms with Gasteiger partial charge < -0.3 is 4.74 Å². The summed E-state index contributed by atoms with van der Waals surface area (Å²) in [5.74, 6) is -0.514. The van der Waals surface area contributed by atoms with E-state index >= 15 is 0 Å². The monoisotopic (exact) mass is 346 g/mol. The summed E-state index contributed by atoms with van der Waals surface area (Å²) in [6, 6.07) is 7.87. The number of ether oxygens (including phenoxy) is 1. The van der Waals surface area contributed by atoms with E-state index in [9.17, 15) is 26.3 Å². The maximum absolute atomic E-state index is 12.8. The van der Waals surface area contributed by atoms with Crippen LogP contribution in [-0.2, 0) is 12.6 Å². The highest BCUT2D eigenvalue weighted by Crippen LogP contribution is 2.32. The van der Waals surface area contributed by atoms with Crippen LogP contribution in [0.5, 0.6) is 5.75 Å². The van der Waals surface area contributed by atoms with Gasteiger partial charge in [0.2, 0.25) is 0 Å². The fourth-order valence-corrected chi connectivity index (χ4v) is 1.94. The van der Waals surface area contributed by atoms with E-state index in [0.717, 1.165) is 36.4 Å². The maximum Gasteiger partial charge on any atom is 0.573 e. The molecule has 0 spiro atoms. The number of nitrogens with zero attached hydrogens (tertiary/aromatic N) is 2. The molecule has 0 N–H and O–H groups in total. The predicted molar refractivity (Wildman–Crippen MR) is 70.7 cm³/mol. The predicted octanol–water partition coefficient (Wildman–Crippen LogP) is 4.73. The number of hydrogen-bond donors (Lipinski definition) is 0. The Morgan fingerprint density at radius 2 is 1.58 bits per heavy atom. The Balaban J connectivity index is 2.44. The molecule has 0 amide bonds. The third-order valence-corrected chi connectivity index (χ3v) is 2.90. The van der Waals surface area contributed by atoms with Gasteiger partial charge in [0.1, 0.15) is 11.4 Å². The average molecular weight is 346 g/mol. The van der Waals surface area contributed by atoms with E-state index in [1.165, 1.54) is 0 Å². The second-order valence-electron chi connectivity index (χ2n) is 4.61. The first-order chi connectivity index (χ1) is 11.1. The summed E-state index contributed by atoms with van der Waals surface area (Å²) < 4.78 is 78.4. The average Bonchev–Trinajstić information content (AvgIpc) is 2.46. The zero-order chi connectivity index (χ0) is 18.0. The van der Waals surface area contributed by atoms with Crippen molar-refractivity contribution in [3.8, 4) is 23.1 Å². The Hall–Kier alpha value is -2.76. The molecule has 2 aromatic rings. The summed E-state index contributed by atoms with van der Waals surface area (Å²) >= 11 is 0. The van der Waals surface area contributed by atoms with Crippen LogP contribution in [0.3, 0.4) is 0 Å². The number of benzene rings is 1. The first-order valence-electron chi connectivity index (χ1n) is 6.40. The molecule has 0 aliphatic rings. The SMILES string of the molecule is N#CCc1ccc(C(F)(F)F)nc1-c1ccc(OC(F)(F)F)cc1. The van der Waals surface area contributed by atoms with Gasteiger partial charge in [-0.25, -0.2) is 4.98 Å². The van der Waals surface area contributed by atoms with Crippen molar-refractivity contribution in [2.45, 2.75) is 19.0 Å². The Morgan fingerprint density at radius 1 is 0.958 bits per heavy atom. The van der Waals surface area contributed by atoms with E-state index in [4.69, 9.17) is 5.26 Å². The lowest BCUT2D eigenvalue weighted by molar-refractivity contribution is -0.274. The molecule has 0 atom stereocenters. The Kier molecular flexibility index (Phi) is 4.68. The summed E-state index contributed by atoms with van der Waals surface area (Å²) in [6.07, 6.45) is -9.75. The van der Waals surface area contributed by atoms with Crippen molar-refractivity contribution >= 4 is 0 Å². The minimum Gasteiger partial charge on any atom is -0.406 e. The van der Waals surface area contributed by atoms with Crippen LogP contribution in [0.1, 0.15) is 11.3 Å². The van der Waals surface area contributed by atoms with Crippen molar-refractivity contribution in [2.75, 3.05) is 0 Å². The highest BCUT2D eigenvalue weighted by Gasteiger charge is 2.33. The van der Waals surface area contributed by atoms with E-state index in [2.05, 4.69) is 9.72 Å². The van der Waals surface area contributed by atoms with Gasteiger partial charge in [-0.2, -0.15) is 18.4 Å². The quantitative estimate of drug-likeness (QED) is 0.755. The van der Waals surface area contributed by atoms with Crippen molar-refractivity contribution < 1.29 is 31.1 Å². The number of rotatable bonds is 3. The van der Waals surface area contributed by atoms with Crippen molar-refractivity contribution in [2.24, 2.45) is 0 Å². The van der Waals surface area contributed by atoms with E-state index < -0.39 is 24.0 Å². The third kappa shape index (κ3) is 4.38. The molecular weight excluding hydrogens is 338 g/mol. The number of aromatic nitrogens is 1. The van der Waals surface area contributed by atoms with Crippen LogP contribution >= 0.6 is 0 Å². The first kappa shape index (κ1) is 17.6. The Bertz CT molecular complexity index is 760. The van der Waals surface area contributed by atoms with Crippen LogP contribution in [-0.4, -0.2) is 11.3 Å². The Labute approximate surface area is 132 Å². The van der Waals surface area contributed by atoms with Crippen molar-refractivity contribution in [1.29, 1.82) is 5.26 Å². The molecule has 9 heteroatoms. The minimum absolute atomic E-state index is 0.120. The number of nitriles is 1. The fourth-order valence-electron chi connectivity index (χ4n) is 1.94. The summed E-state index contributed by atoms with van der Waals surface area (Å²) in [5.41, 5.74) is -0.907. The van der Waals surface area contributed by atoms with Gasteiger partial charge in [0.15, 0.2) is 0 Å². The van der Waals surface area contributed by atoms with E-state index in [1.54, 1.807) is 6.07 Å². The highest BCUT2D eigenvalue weighted by molar-refractivity contribution is 5.64. The first-order valence-corrected chi connectivity index (χ1v) is 6.40. The van der Waals surface area contributed by atoms with Gasteiger partial charge in [-0.3, -0.25) is 0 Å². The van der Waals surface area contributed by atoms with E-state index in [-0.39, 0.29) is 23.2 Å². The molecule has 1 aromatic carbocycles. The number of halogens is 6. The minimum atomic E-state index is -4.87. The van der Waals surface area contributed by atoms with Gasteiger partial charge in [-0.05, 0) is 35.9 Å². The summed E-state index contributed by atoms with van der Waals surface area (Å²) in [4.78, 5) is 3.50. The molecule has 1 aromatic heterocycles. The van der Waals surface area contributed by atoms with Crippen LogP contribution < -0.4 is 4.74 Å². The van der Waals surface area contributed by atoms with Gasteiger partial charge in [0.25, 0.3) is 0 Å². The van der Waals surface area contributed by atoms with Crippen LogP contribution in [0.25, 0.3) is 11.3 Å². The molecule has 2 rings (SSSR count). The molecule has 0 bridgehead atoms. The zero-order valence-corrected chi connectivity index (χ0v) is 11.7. The van der Waals surface area contributed by atoms with Crippen molar-refractivity contribution in [3.05, 3.63) is 47.7 Å². The molecule has 24 heavy (non-hydrogen) atoms. The molecule has 0 saturated carbocycles. The molecule has 3 nitrogen and oxygen atoms in total. The molecule has 1 heterocycles. The fraction of sp³-hybridized carbons (Fsp3) is 0.200. The van der Waals surface area contributed by atoms with Crippen molar-refractivity contribution in [3.63, 3.8) is 0 Å². The third-order valence-electron chi connectivity index (χ3n) is 2.90. The summed E-state index contributed by atoms with van der Waals surface area (Å²) in [7, 11) is 0. The van der Waals surface area contributed by atoms with Crippen LogP contribution in [0.4, 0.5) is 26.3 Å². The Morgan fingerprint density at radius 3 is 2.08 bits per heavy atom. The van der Waals surface area contributed by atoms with Gasteiger partial charge in [0, 0.05) is 5.56 Å². The topological polar surface area (TPSA) is 45.9 Å². The standard InChI is InChI=1S/C15H8F6N2O/c16-14(17,18)12-6-3-10(7-8-22)13(23-12)9-1-4-11(5-2-9)24-15(19,20)21/h1-6H,7H2. The second kappa shape index (κ2) is 6.39. The van der Waals surface area contributed by atoms with Crippen LogP contribution in [0.15, 0.2) is 36.4 Å². The number of pyridine rings is 1. The largest absolute Gasteiger partial charge is 0.573 e. The molecule has 0 aliphatic heterocycles. The highest BCUT2D eigenvalue weighted by atomic mass is 19.4. The maximum atomic E-state index is 12.8. The lowest BCUT2D eigenvalue weighted by atomic mass is 10.0. The van der Waals surface area contributed by atoms with Gasteiger partial charge in [-0.1, -0.05) is 6.07 Å². The molecule has 0 aliphatic carbocycles. The molecular formula is C15H8F6N2O. The van der Waals surface area contributed by atoms with E-state index in [1.807, 2.05) is 0 Å².